The van der Waals surface area contributed by atoms with Crippen molar-refractivity contribution in [1.29, 1.82) is 5.26 Å². The highest BCUT2D eigenvalue weighted by Crippen LogP contribution is 2.19. The molecule has 1 heterocycles. The normalized spacial score (nSPS) is 10.9. The Balaban J connectivity index is 2.28. The maximum absolute atomic E-state index is 9.24. The standard InChI is InChI=1S/C17H17N3/c1-3-20(2)13-16(11-18)15-9-10-17(19-12-15)14-7-5-4-6-8-14/h4-10,12-13H,3H2,1-2H3/b16-13+. The fraction of sp³-hybridized carbons (Fsp3) is 0.176. The summed E-state index contributed by atoms with van der Waals surface area (Å²) in [6.07, 6.45) is 3.60. The number of benzene rings is 1. The van der Waals surface area contributed by atoms with Crippen LogP contribution in [0.3, 0.4) is 0 Å². The Morgan fingerprint density at radius 3 is 2.55 bits per heavy atom. The van der Waals surface area contributed by atoms with E-state index in [0.29, 0.717) is 5.57 Å². The van der Waals surface area contributed by atoms with Crippen LogP contribution in [0.25, 0.3) is 16.8 Å². The van der Waals surface area contributed by atoms with Gasteiger partial charge in [-0.1, -0.05) is 30.3 Å². The molecule has 0 aliphatic rings. The second-order valence-corrected chi connectivity index (χ2v) is 4.53. The quantitative estimate of drug-likeness (QED) is 0.792. The molecule has 100 valence electrons. The molecule has 0 aliphatic heterocycles. The zero-order chi connectivity index (χ0) is 14.4. The average molecular weight is 263 g/mol. The summed E-state index contributed by atoms with van der Waals surface area (Å²) in [5.74, 6) is 0. The van der Waals surface area contributed by atoms with E-state index < -0.39 is 0 Å². The molecule has 2 aromatic rings. The monoisotopic (exact) mass is 263 g/mol. The lowest BCUT2D eigenvalue weighted by Gasteiger charge is -2.11. The molecule has 0 saturated carbocycles. The van der Waals surface area contributed by atoms with Gasteiger partial charge in [-0.05, 0) is 19.1 Å². The van der Waals surface area contributed by atoms with Crippen LogP contribution in [-0.4, -0.2) is 23.5 Å². The van der Waals surface area contributed by atoms with E-state index in [4.69, 9.17) is 0 Å². The number of allylic oxidation sites excluding steroid dienone is 1. The lowest BCUT2D eigenvalue weighted by molar-refractivity contribution is 0.486. The van der Waals surface area contributed by atoms with Crippen molar-refractivity contribution in [2.45, 2.75) is 6.92 Å². The van der Waals surface area contributed by atoms with E-state index in [1.807, 2.05) is 67.5 Å². The number of rotatable bonds is 4. The minimum absolute atomic E-state index is 0.626. The fourth-order valence-corrected chi connectivity index (χ4v) is 1.81. The van der Waals surface area contributed by atoms with Gasteiger partial charge in [0.15, 0.2) is 0 Å². The number of aromatic nitrogens is 1. The Labute approximate surface area is 119 Å². The minimum atomic E-state index is 0.626. The largest absolute Gasteiger partial charge is 0.380 e. The van der Waals surface area contributed by atoms with Gasteiger partial charge < -0.3 is 4.90 Å². The molecule has 20 heavy (non-hydrogen) atoms. The van der Waals surface area contributed by atoms with E-state index in [9.17, 15) is 5.26 Å². The molecule has 3 nitrogen and oxygen atoms in total. The topological polar surface area (TPSA) is 39.9 Å². The van der Waals surface area contributed by atoms with Gasteiger partial charge in [-0.3, -0.25) is 4.98 Å². The average Bonchev–Trinajstić information content (AvgIpc) is 2.53. The minimum Gasteiger partial charge on any atom is -0.380 e. The molecule has 0 saturated heterocycles. The number of nitriles is 1. The summed E-state index contributed by atoms with van der Waals surface area (Å²) in [4.78, 5) is 6.42. The van der Waals surface area contributed by atoms with Crippen molar-refractivity contribution in [2.24, 2.45) is 0 Å². The van der Waals surface area contributed by atoms with Gasteiger partial charge in [-0.2, -0.15) is 5.26 Å². The molecular weight excluding hydrogens is 246 g/mol. The maximum atomic E-state index is 9.24. The predicted octanol–water partition coefficient (Wildman–Crippen LogP) is 3.56. The zero-order valence-corrected chi connectivity index (χ0v) is 11.7. The molecule has 0 N–H and O–H groups in total. The molecule has 0 aliphatic carbocycles. The summed E-state index contributed by atoms with van der Waals surface area (Å²) in [5.41, 5.74) is 3.46. The molecule has 0 radical (unpaired) electrons. The van der Waals surface area contributed by atoms with Crippen LogP contribution in [0.4, 0.5) is 0 Å². The van der Waals surface area contributed by atoms with Crippen LogP contribution in [0, 0.1) is 11.3 Å². The molecule has 0 spiro atoms. The summed E-state index contributed by atoms with van der Waals surface area (Å²) in [7, 11) is 1.95. The van der Waals surface area contributed by atoms with E-state index in [0.717, 1.165) is 23.4 Å². The predicted molar refractivity (Wildman–Crippen MR) is 81.6 cm³/mol. The first kappa shape index (κ1) is 13.8. The lowest BCUT2D eigenvalue weighted by atomic mass is 10.1. The highest BCUT2D eigenvalue weighted by Gasteiger charge is 2.04. The van der Waals surface area contributed by atoms with E-state index >= 15 is 0 Å². The van der Waals surface area contributed by atoms with Crippen molar-refractivity contribution >= 4 is 5.57 Å². The third kappa shape index (κ3) is 3.24. The number of hydrogen-bond donors (Lipinski definition) is 0. The molecule has 0 bridgehead atoms. The molecule has 0 fully saturated rings. The van der Waals surface area contributed by atoms with Crippen molar-refractivity contribution in [3.8, 4) is 17.3 Å². The molecule has 1 aromatic heterocycles. The van der Waals surface area contributed by atoms with Gasteiger partial charge in [-0.25, -0.2) is 0 Å². The number of hydrogen-bond acceptors (Lipinski definition) is 3. The first-order valence-electron chi connectivity index (χ1n) is 6.58. The lowest BCUT2D eigenvalue weighted by Crippen LogP contribution is -2.09. The maximum Gasteiger partial charge on any atom is 0.101 e. The van der Waals surface area contributed by atoms with Crippen LogP contribution in [0.2, 0.25) is 0 Å². The third-order valence-corrected chi connectivity index (χ3v) is 3.11. The van der Waals surface area contributed by atoms with Crippen LogP contribution in [-0.2, 0) is 0 Å². The summed E-state index contributed by atoms with van der Waals surface area (Å²) in [5, 5.41) is 9.24. The Morgan fingerprint density at radius 1 is 1.25 bits per heavy atom. The Morgan fingerprint density at radius 2 is 2.00 bits per heavy atom. The summed E-state index contributed by atoms with van der Waals surface area (Å²) >= 11 is 0. The first-order valence-corrected chi connectivity index (χ1v) is 6.58. The first-order chi connectivity index (χ1) is 9.74. The molecule has 3 heteroatoms. The van der Waals surface area contributed by atoms with Crippen molar-refractivity contribution in [3.05, 3.63) is 60.4 Å². The van der Waals surface area contributed by atoms with Gasteiger partial charge >= 0.3 is 0 Å². The molecule has 0 unspecified atom stereocenters. The van der Waals surface area contributed by atoms with E-state index in [-0.39, 0.29) is 0 Å². The van der Waals surface area contributed by atoms with Crippen LogP contribution in [0.15, 0.2) is 54.9 Å². The van der Waals surface area contributed by atoms with Crippen molar-refractivity contribution in [2.75, 3.05) is 13.6 Å². The van der Waals surface area contributed by atoms with Gasteiger partial charge in [0.25, 0.3) is 0 Å². The zero-order valence-electron chi connectivity index (χ0n) is 11.7. The second-order valence-electron chi connectivity index (χ2n) is 4.53. The summed E-state index contributed by atoms with van der Waals surface area (Å²) in [6, 6.07) is 16.1. The Hall–Kier alpha value is -2.60. The van der Waals surface area contributed by atoms with Gasteiger partial charge in [0.2, 0.25) is 0 Å². The van der Waals surface area contributed by atoms with Crippen LogP contribution < -0.4 is 0 Å². The molecule has 1 aromatic carbocycles. The smallest absolute Gasteiger partial charge is 0.101 e. The highest BCUT2D eigenvalue weighted by molar-refractivity contribution is 5.76. The number of nitrogens with zero attached hydrogens (tertiary/aromatic N) is 3. The van der Waals surface area contributed by atoms with Crippen molar-refractivity contribution < 1.29 is 0 Å². The van der Waals surface area contributed by atoms with Gasteiger partial charge in [0.1, 0.15) is 6.07 Å². The van der Waals surface area contributed by atoms with Gasteiger partial charge in [-0.15, -0.1) is 0 Å². The van der Waals surface area contributed by atoms with Crippen LogP contribution >= 0.6 is 0 Å². The second kappa shape index (κ2) is 6.53. The van der Waals surface area contributed by atoms with Crippen LogP contribution in [0.5, 0.6) is 0 Å². The molecule has 0 atom stereocenters. The van der Waals surface area contributed by atoms with E-state index in [2.05, 4.69) is 11.1 Å². The van der Waals surface area contributed by atoms with E-state index in [1.165, 1.54) is 0 Å². The fourth-order valence-electron chi connectivity index (χ4n) is 1.81. The van der Waals surface area contributed by atoms with E-state index in [1.54, 1.807) is 6.20 Å². The van der Waals surface area contributed by atoms with Crippen molar-refractivity contribution in [3.63, 3.8) is 0 Å². The SMILES string of the molecule is CCN(C)/C=C(\C#N)c1ccc(-c2ccccc2)nc1. The highest BCUT2D eigenvalue weighted by atomic mass is 15.1. The number of pyridine rings is 1. The molecular formula is C17H17N3. The third-order valence-electron chi connectivity index (χ3n) is 3.11. The Kier molecular flexibility index (Phi) is 4.52. The van der Waals surface area contributed by atoms with Gasteiger partial charge in [0, 0.05) is 37.1 Å². The van der Waals surface area contributed by atoms with Crippen molar-refractivity contribution in [1.82, 2.24) is 9.88 Å². The molecule has 2 rings (SSSR count). The van der Waals surface area contributed by atoms with Crippen LogP contribution in [0.1, 0.15) is 12.5 Å². The summed E-state index contributed by atoms with van der Waals surface area (Å²) < 4.78 is 0. The Bertz CT molecular complexity index is 622. The summed E-state index contributed by atoms with van der Waals surface area (Å²) in [6.45, 7) is 2.91. The van der Waals surface area contributed by atoms with Gasteiger partial charge in [0.05, 0.1) is 11.3 Å². The molecule has 0 amide bonds.